The van der Waals surface area contributed by atoms with Gasteiger partial charge in [0.25, 0.3) is 11.6 Å². The van der Waals surface area contributed by atoms with Gasteiger partial charge in [0.05, 0.1) is 29.0 Å². The first-order valence-corrected chi connectivity index (χ1v) is 10.9. The summed E-state index contributed by atoms with van der Waals surface area (Å²) < 4.78 is 5.37. The van der Waals surface area contributed by atoms with Gasteiger partial charge in [0.1, 0.15) is 10.8 Å². The summed E-state index contributed by atoms with van der Waals surface area (Å²) in [5, 5.41) is 19.6. The van der Waals surface area contributed by atoms with Gasteiger partial charge >= 0.3 is 11.8 Å². The van der Waals surface area contributed by atoms with Crippen LogP contribution in [0.5, 0.6) is 5.75 Å². The van der Waals surface area contributed by atoms with Crippen LogP contribution in [-0.4, -0.2) is 35.5 Å². The van der Waals surface area contributed by atoms with Gasteiger partial charge in [-0.3, -0.25) is 24.5 Å². The molecular formula is C24H20ClN5O6. The Kier molecular flexibility index (Phi) is 8.68. The van der Waals surface area contributed by atoms with Crippen molar-refractivity contribution in [2.45, 2.75) is 6.92 Å². The third kappa shape index (κ3) is 6.87. The number of ether oxygens (including phenoxy) is 1. The molecule has 0 radical (unpaired) electrons. The van der Waals surface area contributed by atoms with Crippen molar-refractivity contribution < 1.29 is 24.0 Å². The van der Waals surface area contributed by atoms with E-state index in [9.17, 15) is 24.5 Å². The molecule has 0 unspecified atom stereocenters. The number of nitrogens with zero attached hydrogens (tertiary/aromatic N) is 2. The van der Waals surface area contributed by atoms with Crippen LogP contribution in [0.4, 0.5) is 17.1 Å². The molecule has 11 nitrogen and oxygen atoms in total. The normalized spacial score (nSPS) is 10.5. The molecule has 0 saturated heterocycles. The summed E-state index contributed by atoms with van der Waals surface area (Å²) in [6.45, 7) is 2.38. The maximum Gasteiger partial charge on any atom is 0.329 e. The van der Waals surface area contributed by atoms with Crippen molar-refractivity contribution in [3.63, 3.8) is 0 Å². The third-order valence-electron chi connectivity index (χ3n) is 4.60. The average molecular weight is 510 g/mol. The van der Waals surface area contributed by atoms with Crippen molar-refractivity contribution in [1.29, 1.82) is 0 Å². The molecule has 3 N–H and O–H groups in total. The van der Waals surface area contributed by atoms with E-state index >= 15 is 0 Å². The third-order valence-corrected chi connectivity index (χ3v) is 4.92. The lowest BCUT2D eigenvalue weighted by atomic mass is 10.1. The summed E-state index contributed by atoms with van der Waals surface area (Å²) in [6, 6.07) is 16.8. The first kappa shape index (κ1) is 25.8. The van der Waals surface area contributed by atoms with Crippen molar-refractivity contribution >= 4 is 52.6 Å². The number of carbonyl (C=O) groups excluding carboxylic acids is 3. The van der Waals surface area contributed by atoms with Crippen molar-refractivity contribution in [2.24, 2.45) is 5.10 Å². The Balaban J connectivity index is 1.63. The number of nitro groups is 1. The lowest BCUT2D eigenvalue weighted by Crippen LogP contribution is -2.33. The van der Waals surface area contributed by atoms with E-state index < -0.39 is 22.6 Å². The number of para-hydroxylation sites is 1. The molecule has 0 spiro atoms. The summed E-state index contributed by atoms with van der Waals surface area (Å²) in [5.74, 6) is -2.03. The number of benzene rings is 3. The van der Waals surface area contributed by atoms with Gasteiger partial charge in [-0.25, -0.2) is 5.43 Å². The summed E-state index contributed by atoms with van der Waals surface area (Å²) >= 11 is 5.75. The van der Waals surface area contributed by atoms with Gasteiger partial charge in [0.2, 0.25) is 0 Å². The Morgan fingerprint density at radius 3 is 2.44 bits per heavy atom. The zero-order valence-corrected chi connectivity index (χ0v) is 19.6. The molecule has 184 valence electrons. The number of rotatable bonds is 8. The van der Waals surface area contributed by atoms with Crippen LogP contribution in [-0.2, 0) is 9.59 Å². The molecule has 3 aromatic rings. The number of hydrazone groups is 1. The molecule has 0 fully saturated rings. The predicted molar refractivity (Wildman–Crippen MR) is 134 cm³/mol. The Hall–Kier alpha value is -4.77. The summed E-state index contributed by atoms with van der Waals surface area (Å²) in [6.07, 6.45) is 1.12. The summed E-state index contributed by atoms with van der Waals surface area (Å²) in [5.41, 5.74) is 2.73. The largest absolute Gasteiger partial charge is 0.494 e. The Labute approximate surface area is 210 Å². The Bertz CT molecular complexity index is 1330. The highest BCUT2D eigenvalue weighted by molar-refractivity contribution is 6.40. The quantitative estimate of drug-likeness (QED) is 0.181. The van der Waals surface area contributed by atoms with Crippen molar-refractivity contribution in [3.8, 4) is 5.75 Å². The van der Waals surface area contributed by atoms with Crippen molar-refractivity contribution in [3.05, 3.63) is 93.0 Å². The standard InChI is InChI=1S/C24H20ClN5O6/c1-2-36-17-10-8-16(9-11-17)27-22(31)18-5-3-4-6-20(18)28-23(32)24(33)29-26-14-15-7-12-19(25)21(13-15)30(34)35/h3-14H,2H2,1H3,(H,27,31)(H,28,32)(H,29,33). The highest BCUT2D eigenvalue weighted by Crippen LogP contribution is 2.24. The highest BCUT2D eigenvalue weighted by Gasteiger charge is 2.18. The van der Waals surface area contributed by atoms with E-state index in [1.165, 1.54) is 24.3 Å². The molecule has 0 aromatic heterocycles. The fourth-order valence-electron chi connectivity index (χ4n) is 2.93. The zero-order chi connectivity index (χ0) is 26.1. The molecule has 3 amide bonds. The molecule has 36 heavy (non-hydrogen) atoms. The van der Waals surface area contributed by atoms with Crippen molar-refractivity contribution in [1.82, 2.24) is 5.43 Å². The number of nitrogens with one attached hydrogen (secondary N) is 3. The van der Waals surface area contributed by atoms with E-state index in [0.29, 0.717) is 18.0 Å². The van der Waals surface area contributed by atoms with Crippen LogP contribution in [0.1, 0.15) is 22.8 Å². The second kappa shape index (κ2) is 12.1. The second-order valence-electron chi connectivity index (χ2n) is 7.08. The summed E-state index contributed by atoms with van der Waals surface area (Å²) in [4.78, 5) is 47.5. The van der Waals surface area contributed by atoms with Gasteiger partial charge in [-0.05, 0) is 49.4 Å². The minimum Gasteiger partial charge on any atom is -0.494 e. The van der Waals surface area contributed by atoms with E-state index in [-0.39, 0.29) is 27.5 Å². The number of amides is 3. The van der Waals surface area contributed by atoms with E-state index in [4.69, 9.17) is 16.3 Å². The molecular weight excluding hydrogens is 490 g/mol. The van der Waals surface area contributed by atoms with Crippen LogP contribution in [0, 0.1) is 10.1 Å². The maximum atomic E-state index is 12.8. The molecule has 0 bridgehead atoms. The second-order valence-corrected chi connectivity index (χ2v) is 7.49. The molecule has 0 aliphatic heterocycles. The predicted octanol–water partition coefficient (Wildman–Crippen LogP) is 3.99. The average Bonchev–Trinajstić information content (AvgIpc) is 2.86. The first-order chi connectivity index (χ1) is 17.3. The minimum atomic E-state index is -1.11. The number of halogens is 1. The van der Waals surface area contributed by atoms with Gasteiger partial charge in [0.15, 0.2) is 0 Å². The monoisotopic (exact) mass is 509 g/mol. The molecule has 0 aliphatic carbocycles. The van der Waals surface area contributed by atoms with Crippen LogP contribution < -0.4 is 20.8 Å². The van der Waals surface area contributed by atoms with Crippen LogP contribution in [0.25, 0.3) is 0 Å². The van der Waals surface area contributed by atoms with Crippen LogP contribution in [0.2, 0.25) is 5.02 Å². The van der Waals surface area contributed by atoms with E-state index in [0.717, 1.165) is 12.3 Å². The van der Waals surface area contributed by atoms with E-state index in [1.54, 1.807) is 36.4 Å². The summed E-state index contributed by atoms with van der Waals surface area (Å²) in [7, 11) is 0. The fourth-order valence-corrected chi connectivity index (χ4v) is 3.12. The van der Waals surface area contributed by atoms with Crippen LogP contribution in [0.3, 0.4) is 0 Å². The first-order valence-electron chi connectivity index (χ1n) is 10.5. The SMILES string of the molecule is CCOc1ccc(NC(=O)c2ccccc2NC(=O)C(=O)NN=Cc2ccc(Cl)c([N+](=O)[O-])c2)cc1. The van der Waals surface area contributed by atoms with Gasteiger partial charge < -0.3 is 15.4 Å². The van der Waals surface area contributed by atoms with Gasteiger partial charge in [-0.2, -0.15) is 5.10 Å². The van der Waals surface area contributed by atoms with E-state index in [2.05, 4.69) is 15.7 Å². The molecule has 0 atom stereocenters. The number of anilines is 2. The van der Waals surface area contributed by atoms with Gasteiger partial charge in [-0.1, -0.05) is 29.8 Å². The minimum absolute atomic E-state index is 0.0502. The van der Waals surface area contributed by atoms with Gasteiger partial charge in [-0.15, -0.1) is 0 Å². The lowest BCUT2D eigenvalue weighted by molar-refractivity contribution is -0.384. The zero-order valence-electron chi connectivity index (χ0n) is 18.9. The van der Waals surface area contributed by atoms with Gasteiger partial charge in [0, 0.05) is 17.3 Å². The Morgan fingerprint density at radius 2 is 1.75 bits per heavy atom. The molecule has 12 heteroatoms. The Morgan fingerprint density at radius 1 is 1.03 bits per heavy atom. The van der Waals surface area contributed by atoms with Crippen molar-refractivity contribution in [2.75, 3.05) is 17.2 Å². The lowest BCUT2D eigenvalue weighted by Gasteiger charge is -2.11. The van der Waals surface area contributed by atoms with Crippen LogP contribution >= 0.6 is 11.6 Å². The molecule has 0 heterocycles. The number of hydrogen-bond acceptors (Lipinski definition) is 7. The fraction of sp³-hybridized carbons (Fsp3) is 0.0833. The van der Waals surface area contributed by atoms with Crippen LogP contribution in [0.15, 0.2) is 71.8 Å². The topological polar surface area (TPSA) is 152 Å². The highest BCUT2D eigenvalue weighted by atomic mass is 35.5. The number of nitro benzene ring substituents is 1. The van der Waals surface area contributed by atoms with E-state index in [1.807, 2.05) is 12.3 Å². The number of hydrogen-bond donors (Lipinski definition) is 3. The molecule has 0 saturated carbocycles. The smallest absolute Gasteiger partial charge is 0.329 e. The maximum absolute atomic E-state index is 12.8. The molecule has 3 rings (SSSR count). The number of carbonyl (C=O) groups is 3. The molecule has 3 aromatic carbocycles. The molecule has 0 aliphatic rings.